The average molecular weight is 345 g/mol. The summed E-state index contributed by atoms with van der Waals surface area (Å²) in [4.78, 5) is 28.4. The van der Waals surface area contributed by atoms with Crippen LogP contribution in [-0.4, -0.2) is 48.3 Å². The van der Waals surface area contributed by atoms with Gasteiger partial charge in [-0.25, -0.2) is 0 Å². The standard InChI is InChI=1S/C20H31N3O2/c1-4-19(24)23-11-7-10-18(15-23)20(25)21-13-16-8-6-9-17(12-16)14-22(3)5-2/h6,8-9,12,18H,4-5,7,10-11,13-15H2,1-3H3,(H,21,25). The van der Waals surface area contributed by atoms with E-state index in [-0.39, 0.29) is 17.7 Å². The van der Waals surface area contributed by atoms with Gasteiger partial charge in [0.15, 0.2) is 0 Å². The Balaban J connectivity index is 1.87. The molecule has 138 valence electrons. The zero-order chi connectivity index (χ0) is 18.2. The highest BCUT2D eigenvalue weighted by Gasteiger charge is 2.27. The van der Waals surface area contributed by atoms with Gasteiger partial charge in [0, 0.05) is 32.6 Å². The number of likely N-dealkylation sites (tertiary alicyclic amines) is 1. The Hall–Kier alpha value is -1.88. The van der Waals surface area contributed by atoms with Crippen LogP contribution in [0.3, 0.4) is 0 Å². The quantitative estimate of drug-likeness (QED) is 0.826. The van der Waals surface area contributed by atoms with Crippen molar-refractivity contribution in [2.45, 2.75) is 46.2 Å². The lowest BCUT2D eigenvalue weighted by Gasteiger charge is -2.32. The molecule has 0 spiro atoms. The second kappa shape index (κ2) is 9.56. The number of hydrogen-bond donors (Lipinski definition) is 1. The first-order valence-electron chi connectivity index (χ1n) is 9.35. The third-order valence-corrected chi connectivity index (χ3v) is 4.90. The van der Waals surface area contributed by atoms with Crippen molar-refractivity contribution in [3.63, 3.8) is 0 Å². The van der Waals surface area contributed by atoms with E-state index in [2.05, 4.69) is 36.3 Å². The van der Waals surface area contributed by atoms with Gasteiger partial charge in [-0.2, -0.15) is 0 Å². The van der Waals surface area contributed by atoms with Gasteiger partial charge in [-0.3, -0.25) is 9.59 Å². The van der Waals surface area contributed by atoms with Crippen molar-refractivity contribution >= 4 is 11.8 Å². The van der Waals surface area contributed by atoms with E-state index in [0.717, 1.165) is 38.0 Å². The molecule has 0 aliphatic carbocycles. The third kappa shape index (κ3) is 5.85. The van der Waals surface area contributed by atoms with Crippen LogP contribution in [0.5, 0.6) is 0 Å². The zero-order valence-electron chi connectivity index (χ0n) is 15.8. The molecule has 1 atom stereocenters. The van der Waals surface area contributed by atoms with E-state index in [1.54, 1.807) is 0 Å². The Morgan fingerprint density at radius 3 is 2.76 bits per heavy atom. The molecule has 0 saturated carbocycles. The molecule has 5 heteroatoms. The highest BCUT2D eigenvalue weighted by Crippen LogP contribution is 2.17. The number of benzene rings is 1. The summed E-state index contributed by atoms with van der Waals surface area (Å²) in [7, 11) is 2.10. The fourth-order valence-corrected chi connectivity index (χ4v) is 3.24. The molecule has 0 radical (unpaired) electrons. The van der Waals surface area contributed by atoms with Crippen LogP contribution < -0.4 is 5.32 Å². The van der Waals surface area contributed by atoms with Gasteiger partial charge in [-0.15, -0.1) is 0 Å². The van der Waals surface area contributed by atoms with Crippen molar-refractivity contribution in [3.8, 4) is 0 Å². The highest BCUT2D eigenvalue weighted by molar-refractivity contribution is 5.81. The Bertz CT molecular complexity index is 588. The summed E-state index contributed by atoms with van der Waals surface area (Å²) in [6.07, 6.45) is 2.27. The van der Waals surface area contributed by atoms with Gasteiger partial charge in [0.2, 0.25) is 11.8 Å². The zero-order valence-corrected chi connectivity index (χ0v) is 15.8. The largest absolute Gasteiger partial charge is 0.352 e. The van der Waals surface area contributed by atoms with Crippen molar-refractivity contribution < 1.29 is 9.59 Å². The summed E-state index contributed by atoms with van der Waals surface area (Å²) in [5.41, 5.74) is 2.38. The molecule has 5 nitrogen and oxygen atoms in total. The van der Waals surface area contributed by atoms with Gasteiger partial charge in [0.05, 0.1) is 5.92 Å². The molecular weight excluding hydrogens is 314 g/mol. The van der Waals surface area contributed by atoms with Gasteiger partial charge < -0.3 is 15.1 Å². The number of rotatable bonds is 7. The van der Waals surface area contributed by atoms with Crippen molar-refractivity contribution in [2.75, 3.05) is 26.7 Å². The van der Waals surface area contributed by atoms with Crippen molar-refractivity contribution in [3.05, 3.63) is 35.4 Å². The van der Waals surface area contributed by atoms with E-state index in [0.29, 0.717) is 19.5 Å². The fourth-order valence-electron chi connectivity index (χ4n) is 3.24. The first-order valence-corrected chi connectivity index (χ1v) is 9.35. The number of hydrogen-bond acceptors (Lipinski definition) is 3. The third-order valence-electron chi connectivity index (χ3n) is 4.90. The minimum atomic E-state index is -0.0846. The predicted octanol–water partition coefficient (Wildman–Crippen LogP) is 2.40. The van der Waals surface area contributed by atoms with E-state index in [9.17, 15) is 9.59 Å². The molecule has 1 fully saturated rings. The number of nitrogens with zero attached hydrogens (tertiary/aromatic N) is 2. The Morgan fingerprint density at radius 1 is 1.28 bits per heavy atom. The summed E-state index contributed by atoms with van der Waals surface area (Å²) in [5, 5.41) is 3.05. The molecule has 0 bridgehead atoms. The second-order valence-electron chi connectivity index (χ2n) is 6.90. The molecule has 2 amide bonds. The van der Waals surface area contributed by atoms with Crippen LogP contribution in [0.25, 0.3) is 0 Å². The maximum absolute atomic E-state index is 12.5. The SMILES string of the molecule is CCC(=O)N1CCCC(C(=O)NCc2cccc(CN(C)CC)c2)C1. The smallest absolute Gasteiger partial charge is 0.225 e. The van der Waals surface area contributed by atoms with E-state index in [1.807, 2.05) is 24.0 Å². The van der Waals surface area contributed by atoms with Crippen LogP contribution >= 0.6 is 0 Å². The fraction of sp³-hybridized carbons (Fsp3) is 0.600. The van der Waals surface area contributed by atoms with Gasteiger partial charge in [-0.05, 0) is 37.6 Å². The topological polar surface area (TPSA) is 52.7 Å². The Labute approximate surface area is 151 Å². The van der Waals surface area contributed by atoms with E-state index < -0.39 is 0 Å². The molecule has 1 aliphatic rings. The summed E-state index contributed by atoms with van der Waals surface area (Å²) < 4.78 is 0. The molecule has 1 aliphatic heterocycles. The number of nitrogens with one attached hydrogen (secondary N) is 1. The van der Waals surface area contributed by atoms with E-state index in [4.69, 9.17) is 0 Å². The number of amides is 2. The lowest BCUT2D eigenvalue weighted by Crippen LogP contribution is -2.45. The number of carbonyl (C=O) groups excluding carboxylic acids is 2. The van der Waals surface area contributed by atoms with Gasteiger partial charge in [0.25, 0.3) is 0 Å². The van der Waals surface area contributed by atoms with Crippen LogP contribution in [0.4, 0.5) is 0 Å². The van der Waals surface area contributed by atoms with Crippen LogP contribution in [0.2, 0.25) is 0 Å². The molecule has 1 aromatic carbocycles. The maximum atomic E-state index is 12.5. The van der Waals surface area contributed by atoms with Crippen molar-refractivity contribution in [1.29, 1.82) is 0 Å². The molecule has 1 unspecified atom stereocenters. The summed E-state index contributed by atoms with van der Waals surface area (Å²) in [5.74, 6) is 0.119. The molecule has 1 heterocycles. The molecular formula is C20H31N3O2. The average Bonchev–Trinajstić information content (AvgIpc) is 2.65. The molecule has 25 heavy (non-hydrogen) atoms. The molecule has 2 rings (SSSR count). The summed E-state index contributed by atoms with van der Waals surface area (Å²) >= 11 is 0. The van der Waals surface area contributed by atoms with Crippen LogP contribution in [0.15, 0.2) is 24.3 Å². The minimum Gasteiger partial charge on any atom is -0.352 e. The number of carbonyl (C=O) groups is 2. The molecule has 0 aromatic heterocycles. The Morgan fingerprint density at radius 2 is 2.04 bits per heavy atom. The van der Waals surface area contributed by atoms with Gasteiger partial charge >= 0.3 is 0 Å². The second-order valence-corrected chi connectivity index (χ2v) is 6.90. The van der Waals surface area contributed by atoms with Crippen LogP contribution in [0, 0.1) is 5.92 Å². The van der Waals surface area contributed by atoms with Crippen LogP contribution in [-0.2, 0) is 22.7 Å². The lowest BCUT2D eigenvalue weighted by atomic mass is 9.96. The van der Waals surface area contributed by atoms with E-state index >= 15 is 0 Å². The molecule has 1 aromatic rings. The van der Waals surface area contributed by atoms with Crippen molar-refractivity contribution in [2.24, 2.45) is 5.92 Å². The lowest BCUT2D eigenvalue weighted by molar-refractivity contribution is -0.135. The monoisotopic (exact) mass is 345 g/mol. The van der Waals surface area contributed by atoms with Gasteiger partial charge in [-0.1, -0.05) is 38.1 Å². The molecule has 1 saturated heterocycles. The normalized spacial score (nSPS) is 17.6. The minimum absolute atomic E-state index is 0.0599. The molecule has 1 N–H and O–H groups in total. The van der Waals surface area contributed by atoms with Crippen molar-refractivity contribution in [1.82, 2.24) is 15.1 Å². The van der Waals surface area contributed by atoms with Crippen LogP contribution in [0.1, 0.15) is 44.2 Å². The summed E-state index contributed by atoms with van der Waals surface area (Å²) in [6, 6.07) is 8.36. The highest BCUT2D eigenvalue weighted by atomic mass is 16.2. The first kappa shape index (κ1) is 19.4. The first-order chi connectivity index (χ1) is 12.0. The van der Waals surface area contributed by atoms with Gasteiger partial charge in [0.1, 0.15) is 0 Å². The number of piperidine rings is 1. The Kier molecular flexibility index (Phi) is 7.44. The maximum Gasteiger partial charge on any atom is 0.225 e. The predicted molar refractivity (Wildman–Crippen MR) is 99.9 cm³/mol. The van der Waals surface area contributed by atoms with E-state index in [1.165, 1.54) is 5.56 Å². The summed E-state index contributed by atoms with van der Waals surface area (Å²) in [6.45, 7) is 7.81.